The van der Waals surface area contributed by atoms with E-state index in [2.05, 4.69) is 15.4 Å². The molecule has 2 N–H and O–H groups in total. The Bertz CT molecular complexity index is 1370. The number of amides is 1. The summed E-state index contributed by atoms with van der Waals surface area (Å²) in [6.07, 6.45) is 2.67. The second kappa shape index (κ2) is 10.4. The first-order valence-electron chi connectivity index (χ1n) is 11.2. The zero-order valence-electron chi connectivity index (χ0n) is 19.8. The highest BCUT2D eigenvalue weighted by Gasteiger charge is 2.45. The minimum Gasteiger partial charge on any atom is -0.383 e. The second-order valence-corrected chi connectivity index (χ2v) is 9.74. The highest BCUT2D eigenvalue weighted by molar-refractivity contribution is 6.35. The molecule has 4 aromatic rings. The van der Waals surface area contributed by atoms with Crippen molar-refractivity contribution < 1.29 is 14.3 Å². The molecule has 36 heavy (non-hydrogen) atoms. The fraction of sp³-hybridized carbons (Fsp3) is 0.222. The fourth-order valence-corrected chi connectivity index (χ4v) is 5.15. The van der Waals surface area contributed by atoms with Crippen LogP contribution in [0.4, 0.5) is 4.39 Å². The largest absolute Gasteiger partial charge is 0.383 e. The maximum Gasteiger partial charge on any atom is 0.230 e. The van der Waals surface area contributed by atoms with Gasteiger partial charge in [0.1, 0.15) is 24.1 Å². The van der Waals surface area contributed by atoms with Crippen molar-refractivity contribution in [3.05, 3.63) is 106 Å². The quantitative estimate of drug-likeness (QED) is 0.323. The van der Waals surface area contributed by atoms with Gasteiger partial charge in [-0.1, -0.05) is 71.7 Å². The van der Waals surface area contributed by atoms with Crippen LogP contribution in [0.15, 0.2) is 79.4 Å². The first-order chi connectivity index (χ1) is 17.2. The van der Waals surface area contributed by atoms with Gasteiger partial charge in [-0.05, 0) is 36.2 Å². The molecular formula is C27H25Cl2FN4O2. The maximum absolute atomic E-state index is 15.4. The van der Waals surface area contributed by atoms with Crippen molar-refractivity contribution in [3.63, 3.8) is 0 Å². The Morgan fingerprint density at radius 3 is 2.47 bits per heavy atom. The number of rotatable bonds is 8. The summed E-state index contributed by atoms with van der Waals surface area (Å²) in [6, 6.07) is 18.6. The number of benzene rings is 3. The molecule has 0 aliphatic heterocycles. The molecule has 0 fully saturated rings. The Morgan fingerprint density at radius 2 is 1.86 bits per heavy atom. The summed E-state index contributed by atoms with van der Waals surface area (Å²) in [5.41, 5.74) is -1.13. The Hall–Kier alpha value is -3.26. The predicted molar refractivity (Wildman–Crippen MR) is 138 cm³/mol. The van der Waals surface area contributed by atoms with Gasteiger partial charge in [-0.3, -0.25) is 4.79 Å². The van der Waals surface area contributed by atoms with Gasteiger partial charge < -0.3 is 10.4 Å². The number of nitrogens with zero attached hydrogens (tertiary/aromatic N) is 3. The number of likely N-dealkylation sites (N-methyl/N-ethyl adjacent to an activating group) is 1. The number of aliphatic hydroxyl groups is 1. The van der Waals surface area contributed by atoms with Crippen LogP contribution < -0.4 is 5.32 Å². The molecule has 0 saturated heterocycles. The summed E-state index contributed by atoms with van der Waals surface area (Å²) in [4.78, 5) is 17.3. The molecule has 2 unspecified atom stereocenters. The summed E-state index contributed by atoms with van der Waals surface area (Å²) in [7, 11) is 1.50. The van der Waals surface area contributed by atoms with Crippen molar-refractivity contribution in [2.24, 2.45) is 0 Å². The van der Waals surface area contributed by atoms with Crippen LogP contribution in [0.25, 0.3) is 11.1 Å². The number of aromatic nitrogens is 3. The Kier molecular flexibility index (Phi) is 7.45. The fourth-order valence-electron chi connectivity index (χ4n) is 4.57. The molecule has 186 valence electrons. The molecule has 1 amide bonds. The smallest absolute Gasteiger partial charge is 0.230 e. The highest BCUT2D eigenvalue weighted by Crippen LogP contribution is 2.43. The van der Waals surface area contributed by atoms with Crippen molar-refractivity contribution in [1.82, 2.24) is 20.1 Å². The zero-order chi connectivity index (χ0) is 25.9. The van der Waals surface area contributed by atoms with Gasteiger partial charge in [0.2, 0.25) is 5.91 Å². The van der Waals surface area contributed by atoms with Crippen molar-refractivity contribution in [2.45, 2.75) is 30.9 Å². The summed E-state index contributed by atoms with van der Waals surface area (Å²) < 4.78 is 16.8. The average Bonchev–Trinajstić information content (AvgIpc) is 3.36. The van der Waals surface area contributed by atoms with Gasteiger partial charge in [0, 0.05) is 34.6 Å². The lowest BCUT2D eigenvalue weighted by Crippen LogP contribution is -2.47. The van der Waals surface area contributed by atoms with Crippen LogP contribution in [0.2, 0.25) is 10.0 Å². The third-order valence-corrected chi connectivity index (χ3v) is 6.94. The minimum atomic E-state index is -1.69. The van der Waals surface area contributed by atoms with Gasteiger partial charge in [0.05, 0.1) is 12.0 Å². The molecule has 0 aliphatic carbocycles. The Balaban J connectivity index is 1.82. The van der Waals surface area contributed by atoms with Crippen molar-refractivity contribution in [3.8, 4) is 11.1 Å². The van der Waals surface area contributed by atoms with Gasteiger partial charge in [0.25, 0.3) is 0 Å². The number of carbonyl (C=O) groups is 1. The lowest BCUT2D eigenvalue weighted by Gasteiger charge is -2.38. The number of halogens is 3. The topological polar surface area (TPSA) is 80.0 Å². The molecule has 0 saturated carbocycles. The van der Waals surface area contributed by atoms with E-state index in [1.165, 1.54) is 36.5 Å². The van der Waals surface area contributed by atoms with E-state index < -0.39 is 22.7 Å². The van der Waals surface area contributed by atoms with Crippen molar-refractivity contribution in [2.75, 3.05) is 7.05 Å². The van der Waals surface area contributed by atoms with E-state index in [4.69, 9.17) is 23.2 Å². The molecular weight excluding hydrogens is 502 g/mol. The number of carbonyl (C=O) groups excluding carboxylic acids is 1. The van der Waals surface area contributed by atoms with Crippen LogP contribution in [0.5, 0.6) is 0 Å². The summed E-state index contributed by atoms with van der Waals surface area (Å²) in [5, 5.41) is 19.5. The molecule has 6 nitrogen and oxygen atoms in total. The summed E-state index contributed by atoms with van der Waals surface area (Å²) in [5.74, 6) is -0.866. The van der Waals surface area contributed by atoms with Crippen molar-refractivity contribution >= 4 is 29.1 Å². The van der Waals surface area contributed by atoms with Crippen LogP contribution in [0.1, 0.15) is 24.5 Å². The molecule has 0 radical (unpaired) electrons. The lowest BCUT2D eigenvalue weighted by molar-refractivity contribution is -0.129. The first kappa shape index (κ1) is 25.8. The third-order valence-electron chi connectivity index (χ3n) is 6.39. The van der Waals surface area contributed by atoms with Gasteiger partial charge in [-0.15, -0.1) is 0 Å². The predicted octanol–water partition coefficient (Wildman–Crippen LogP) is 5.37. The van der Waals surface area contributed by atoms with E-state index in [9.17, 15) is 9.90 Å². The lowest BCUT2D eigenvalue weighted by atomic mass is 9.70. The molecule has 1 heterocycles. The molecule has 0 aliphatic rings. The van der Waals surface area contributed by atoms with Crippen LogP contribution in [-0.2, 0) is 22.4 Å². The van der Waals surface area contributed by atoms with E-state index in [0.717, 1.165) is 5.56 Å². The molecule has 0 spiro atoms. The molecule has 0 bridgehead atoms. The molecule has 9 heteroatoms. The molecule has 4 rings (SSSR count). The normalized spacial score (nSPS) is 14.6. The second-order valence-electron chi connectivity index (χ2n) is 8.90. The molecule has 2 atom stereocenters. The van der Waals surface area contributed by atoms with E-state index in [0.29, 0.717) is 21.7 Å². The highest BCUT2D eigenvalue weighted by atomic mass is 35.5. The summed E-state index contributed by atoms with van der Waals surface area (Å²) >= 11 is 12.6. The minimum absolute atomic E-state index is 0.0501. The van der Waals surface area contributed by atoms with Crippen LogP contribution in [0, 0.1) is 5.82 Å². The van der Waals surface area contributed by atoms with E-state index in [1.807, 2.05) is 30.3 Å². The Labute approximate surface area is 218 Å². The van der Waals surface area contributed by atoms with Crippen LogP contribution in [0.3, 0.4) is 0 Å². The monoisotopic (exact) mass is 526 g/mol. The summed E-state index contributed by atoms with van der Waals surface area (Å²) in [6.45, 7) is 1.62. The van der Waals surface area contributed by atoms with Gasteiger partial charge >= 0.3 is 0 Å². The number of hydrogen-bond acceptors (Lipinski definition) is 4. The number of nitrogens with one attached hydrogen (secondary N) is 1. The number of hydrogen-bond donors (Lipinski definition) is 2. The van der Waals surface area contributed by atoms with Crippen LogP contribution >= 0.6 is 23.2 Å². The van der Waals surface area contributed by atoms with Gasteiger partial charge in [-0.2, -0.15) is 5.10 Å². The third kappa shape index (κ3) is 5.14. The van der Waals surface area contributed by atoms with Gasteiger partial charge in [-0.25, -0.2) is 14.1 Å². The van der Waals surface area contributed by atoms with E-state index in [-0.39, 0.29) is 18.0 Å². The first-order valence-corrected chi connectivity index (χ1v) is 12.0. The zero-order valence-corrected chi connectivity index (χ0v) is 21.3. The Morgan fingerprint density at radius 1 is 1.11 bits per heavy atom. The molecule has 3 aromatic carbocycles. The average molecular weight is 527 g/mol. The van der Waals surface area contributed by atoms with Gasteiger partial charge in [0.15, 0.2) is 0 Å². The van der Waals surface area contributed by atoms with E-state index >= 15 is 4.39 Å². The molecule has 1 aromatic heterocycles. The van der Waals surface area contributed by atoms with Crippen LogP contribution in [-0.4, -0.2) is 32.8 Å². The SMILES string of the molecule is CNC(=O)C(C)(CC(O)(Cn1cncn1)c1ccc(Cl)cc1Cl)c1ccc(-c2ccccc2)c(F)c1. The maximum atomic E-state index is 15.4. The standard InChI is InChI=1S/C27H25Cl2FN4O2/c1-26(25(35)31-2,19-8-10-21(24(30)12-19)18-6-4-3-5-7-18)14-27(36,15-34-17-32-16-33-34)22-11-9-20(28)13-23(22)29/h3-13,16-17,36H,14-15H2,1-2H3,(H,31,35). The van der Waals surface area contributed by atoms with E-state index in [1.54, 1.807) is 31.2 Å². The van der Waals surface area contributed by atoms with Crippen molar-refractivity contribution in [1.29, 1.82) is 0 Å².